The monoisotopic (exact) mass is 436 g/mol. The summed E-state index contributed by atoms with van der Waals surface area (Å²) in [7, 11) is 0. The average molecular weight is 437 g/mol. The van der Waals surface area contributed by atoms with Crippen LogP contribution in [-0.2, 0) is 0 Å². The highest BCUT2D eigenvalue weighted by atomic mass is 16.5. The Bertz CT molecular complexity index is 1370. The summed E-state index contributed by atoms with van der Waals surface area (Å²) in [6, 6.07) is 21.5. The summed E-state index contributed by atoms with van der Waals surface area (Å²) in [5.74, 6) is 1.60. The third kappa shape index (κ3) is 3.94. The molecule has 0 spiro atoms. The summed E-state index contributed by atoms with van der Waals surface area (Å²) in [5.41, 5.74) is 6.18. The number of para-hydroxylation sites is 1. The second-order valence-corrected chi connectivity index (χ2v) is 8.04. The number of hydrogen-bond acceptors (Lipinski definition) is 4. The number of allylic oxidation sites excluding steroid dienone is 1. The van der Waals surface area contributed by atoms with Gasteiger partial charge in [-0.1, -0.05) is 18.2 Å². The quantitative estimate of drug-likeness (QED) is 0.351. The van der Waals surface area contributed by atoms with Gasteiger partial charge in [0.2, 0.25) is 5.78 Å². The molecule has 0 amide bonds. The van der Waals surface area contributed by atoms with E-state index in [1.54, 1.807) is 6.08 Å². The fraction of sp³-hybridized carbons (Fsp3) is 0.143. The molecule has 5 heteroatoms. The van der Waals surface area contributed by atoms with Crippen LogP contribution in [0.1, 0.15) is 34.0 Å². The van der Waals surface area contributed by atoms with Crippen molar-refractivity contribution in [3.8, 4) is 28.4 Å². The molecule has 4 aromatic rings. The zero-order valence-corrected chi connectivity index (χ0v) is 18.8. The Balaban J connectivity index is 1.59. The fourth-order valence-corrected chi connectivity index (χ4v) is 3.89. The molecule has 3 aromatic carbocycles. The van der Waals surface area contributed by atoms with Crippen LogP contribution in [0.2, 0.25) is 0 Å². The molecule has 5 nitrogen and oxygen atoms in total. The number of fused-ring (bicyclic) bond motifs is 1. The standard InChI is InChI=1S/C28H24N2O3/c1-4-32-23-12-10-20(11-13-23)27-21(17-30(29-27)22-8-6-5-7-9-22)16-26-28(31)24-14-18(2)19(3)15-25(24)33-26/h5-17H,4H2,1-3H3/b26-16-. The highest BCUT2D eigenvalue weighted by Crippen LogP contribution is 2.35. The van der Waals surface area contributed by atoms with E-state index in [0.29, 0.717) is 23.7 Å². The summed E-state index contributed by atoms with van der Waals surface area (Å²) in [6.07, 6.45) is 3.70. The molecule has 0 N–H and O–H groups in total. The lowest BCUT2D eigenvalue weighted by molar-refractivity contribution is 0.101. The van der Waals surface area contributed by atoms with E-state index in [1.807, 2.05) is 98.4 Å². The van der Waals surface area contributed by atoms with Crippen molar-refractivity contribution in [3.05, 3.63) is 101 Å². The number of benzene rings is 3. The molecular weight excluding hydrogens is 412 g/mol. The molecular formula is C28H24N2O3. The van der Waals surface area contributed by atoms with E-state index in [4.69, 9.17) is 14.6 Å². The summed E-state index contributed by atoms with van der Waals surface area (Å²) in [4.78, 5) is 13.1. The highest BCUT2D eigenvalue weighted by molar-refractivity contribution is 6.14. The summed E-state index contributed by atoms with van der Waals surface area (Å²) >= 11 is 0. The van der Waals surface area contributed by atoms with Crippen molar-refractivity contribution in [2.24, 2.45) is 0 Å². The first-order valence-electron chi connectivity index (χ1n) is 11.0. The Morgan fingerprint density at radius 1 is 1.00 bits per heavy atom. The molecule has 0 radical (unpaired) electrons. The number of Topliss-reactive ketones (excluding diaryl/α,β-unsaturated/α-hetero) is 1. The zero-order valence-electron chi connectivity index (χ0n) is 18.8. The van der Waals surface area contributed by atoms with E-state index < -0.39 is 0 Å². The second kappa shape index (κ2) is 8.43. The number of carbonyl (C=O) groups excluding carboxylic acids is 1. The number of aryl methyl sites for hydroxylation is 2. The maximum absolute atomic E-state index is 13.1. The van der Waals surface area contributed by atoms with Gasteiger partial charge >= 0.3 is 0 Å². The molecule has 1 aliphatic heterocycles. The Labute approximate surface area is 192 Å². The third-order valence-electron chi connectivity index (χ3n) is 5.77. The Morgan fingerprint density at radius 3 is 2.45 bits per heavy atom. The van der Waals surface area contributed by atoms with Crippen LogP contribution in [0.5, 0.6) is 11.5 Å². The van der Waals surface area contributed by atoms with Gasteiger partial charge in [-0.05, 0) is 86.5 Å². The van der Waals surface area contributed by atoms with Crippen LogP contribution in [0.3, 0.4) is 0 Å². The molecule has 5 rings (SSSR count). The van der Waals surface area contributed by atoms with Crippen LogP contribution in [0.25, 0.3) is 23.0 Å². The predicted octanol–water partition coefficient (Wildman–Crippen LogP) is 6.17. The SMILES string of the molecule is CCOc1ccc(-c2nn(-c3ccccc3)cc2/C=C2\Oc3cc(C)c(C)cc3C2=O)cc1. The van der Waals surface area contributed by atoms with Gasteiger partial charge in [0.15, 0.2) is 5.76 Å². The molecule has 164 valence electrons. The molecule has 0 unspecified atom stereocenters. The summed E-state index contributed by atoms with van der Waals surface area (Å²) < 4.78 is 13.4. The molecule has 0 saturated carbocycles. The van der Waals surface area contributed by atoms with Gasteiger partial charge < -0.3 is 9.47 Å². The number of ketones is 1. The first kappa shape index (κ1) is 20.8. The molecule has 0 bridgehead atoms. The van der Waals surface area contributed by atoms with E-state index in [-0.39, 0.29) is 5.78 Å². The van der Waals surface area contributed by atoms with Crippen molar-refractivity contribution in [1.82, 2.24) is 9.78 Å². The van der Waals surface area contributed by atoms with Gasteiger partial charge in [0.25, 0.3) is 0 Å². The number of hydrogen-bond donors (Lipinski definition) is 0. The number of nitrogens with zero attached hydrogens (tertiary/aromatic N) is 2. The van der Waals surface area contributed by atoms with Crippen molar-refractivity contribution in [1.29, 1.82) is 0 Å². The van der Waals surface area contributed by atoms with Gasteiger partial charge in [0.05, 0.1) is 17.9 Å². The van der Waals surface area contributed by atoms with E-state index in [1.165, 1.54) is 0 Å². The van der Waals surface area contributed by atoms with Crippen LogP contribution in [0, 0.1) is 13.8 Å². The molecule has 0 saturated heterocycles. The molecule has 0 atom stereocenters. The predicted molar refractivity (Wildman–Crippen MR) is 129 cm³/mol. The molecule has 2 heterocycles. The Kier molecular flexibility index (Phi) is 5.31. The van der Waals surface area contributed by atoms with Crippen molar-refractivity contribution < 1.29 is 14.3 Å². The number of aromatic nitrogens is 2. The topological polar surface area (TPSA) is 53.4 Å². The molecule has 1 aromatic heterocycles. The second-order valence-electron chi connectivity index (χ2n) is 8.04. The van der Waals surface area contributed by atoms with Gasteiger partial charge in [-0.2, -0.15) is 5.10 Å². The van der Waals surface area contributed by atoms with Gasteiger partial charge in [0.1, 0.15) is 17.2 Å². The van der Waals surface area contributed by atoms with Crippen LogP contribution in [0.15, 0.2) is 78.7 Å². The van der Waals surface area contributed by atoms with Crippen molar-refractivity contribution in [2.45, 2.75) is 20.8 Å². The van der Waals surface area contributed by atoms with Crippen LogP contribution in [0.4, 0.5) is 0 Å². The van der Waals surface area contributed by atoms with Crippen molar-refractivity contribution in [2.75, 3.05) is 6.61 Å². The first-order valence-corrected chi connectivity index (χ1v) is 11.0. The van der Waals surface area contributed by atoms with E-state index >= 15 is 0 Å². The minimum absolute atomic E-state index is 0.113. The van der Waals surface area contributed by atoms with Crippen LogP contribution >= 0.6 is 0 Å². The smallest absolute Gasteiger partial charge is 0.231 e. The normalized spacial score (nSPS) is 13.8. The fourth-order valence-electron chi connectivity index (χ4n) is 3.89. The Hall–Kier alpha value is -4.12. The lowest BCUT2D eigenvalue weighted by Gasteiger charge is -2.05. The maximum Gasteiger partial charge on any atom is 0.231 e. The van der Waals surface area contributed by atoms with E-state index in [2.05, 4.69) is 0 Å². The van der Waals surface area contributed by atoms with Crippen LogP contribution in [-0.4, -0.2) is 22.2 Å². The molecule has 0 fully saturated rings. The van der Waals surface area contributed by atoms with Crippen molar-refractivity contribution >= 4 is 11.9 Å². The minimum atomic E-state index is -0.113. The lowest BCUT2D eigenvalue weighted by atomic mass is 10.0. The minimum Gasteiger partial charge on any atom is -0.494 e. The number of rotatable bonds is 5. The molecule has 0 aliphatic carbocycles. The van der Waals surface area contributed by atoms with Gasteiger partial charge in [-0.3, -0.25) is 4.79 Å². The zero-order chi connectivity index (χ0) is 22.9. The average Bonchev–Trinajstić information content (AvgIpc) is 3.37. The summed E-state index contributed by atoms with van der Waals surface area (Å²) in [6.45, 7) is 6.58. The first-order chi connectivity index (χ1) is 16.0. The summed E-state index contributed by atoms with van der Waals surface area (Å²) in [5, 5.41) is 4.84. The molecule has 1 aliphatic rings. The maximum atomic E-state index is 13.1. The van der Waals surface area contributed by atoms with E-state index in [0.717, 1.165) is 39.4 Å². The van der Waals surface area contributed by atoms with Crippen molar-refractivity contribution in [3.63, 3.8) is 0 Å². The number of ether oxygens (including phenoxy) is 2. The van der Waals surface area contributed by atoms with E-state index in [9.17, 15) is 4.79 Å². The number of carbonyl (C=O) groups is 1. The largest absolute Gasteiger partial charge is 0.494 e. The Morgan fingerprint density at radius 2 is 1.73 bits per heavy atom. The lowest BCUT2D eigenvalue weighted by Crippen LogP contribution is -1.98. The van der Waals surface area contributed by atoms with Gasteiger partial charge in [-0.25, -0.2) is 4.68 Å². The van der Waals surface area contributed by atoms with Crippen LogP contribution < -0.4 is 9.47 Å². The highest BCUT2D eigenvalue weighted by Gasteiger charge is 2.28. The van der Waals surface area contributed by atoms with Gasteiger partial charge in [0, 0.05) is 17.3 Å². The third-order valence-corrected chi connectivity index (χ3v) is 5.77. The molecule has 33 heavy (non-hydrogen) atoms. The van der Waals surface area contributed by atoms with Gasteiger partial charge in [-0.15, -0.1) is 0 Å².